The van der Waals surface area contributed by atoms with Crippen molar-refractivity contribution in [2.45, 2.75) is 33.4 Å². The van der Waals surface area contributed by atoms with Crippen molar-refractivity contribution in [3.63, 3.8) is 0 Å². The third-order valence-corrected chi connectivity index (χ3v) is 3.15. The first kappa shape index (κ1) is 16.9. The lowest BCUT2D eigenvalue weighted by Gasteiger charge is -2.10. The molecule has 1 N–H and O–H groups in total. The Hall–Kier alpha value is -2.49. The molecule has 0 spiro atoms. The van der Waals surface area contributed by atoms with Gasteiger partial charge in [0.05, 0.1) is 12.7 Å². The van der Waals surface area contributed by atoms with E-state index in [2.05, 4.69) is 5.32 Å². The monoisotopic (exact) mass is 313 g/mol. The molecule has 0 atom stereocenters. The number of nitrogens with one attached hydrogen (secondary N) is 1. The van der Waals surface area contributed by atoms with Crippen LogP contribution >= 0.6 is 0 Å². The molecule has 122 valence electrons. The number of carbonyl (C=O) groups excluding carboxylic acids is 1. The molecule has 0 aliphatic carbocycles. The molecule has 0 saturated carbocycles. The van der Waals surface area contributed by atoms with Crippen LogP contribution < -0.4 is 14.8 Å². The Kier molecular flexibility index (Phi) is 6.03. The fourth-order valence-electron chi connectivity index (χ4n) is 2.15. The van der Waals surface area contributed by atoms with Gasteiger partial charge < -0.3 is 14.8 Å². The molecule has 0 saturated heterocycles. The van der Waals surface area contributed by atoms with Crippen LogP contribution in [0.5, 0.6) is 11.5 Å². The van der Waals surface area contributed by atoms with Gasteiger partial charge in [0, 0.05) is 12.1 Å². The van der Waals surface area contributed by atoms with Gasteiger partial charge in [0.1, 0.15) is 11.5 Å². The minimum absolute atomic E-state index is 0.108. The fraction of sp³-hybridized carbons (Fsp3) is 0.316. The molecule has 2 rings (SSSR count). The molecule has 2 aromatic carbocycles. The van der Waals surface area contributed by atoms with E-state index in [0.29, 0.717) is 18.7 Å². The van der Waals surface area contributed by atoms with E-state index in [-0.39, 0.29) is 12.0 Å². The third kappa shape index (κ3) is 5.33. The largest absolute Gasteiger partial charge is 0.494 e. The van der Waals surface area contributed by atoms with Crippen LogP contribution in [0.1, 0.15) is 36.7 Å². The predicted octanol–water partition coefficient (Wildman–Crippen LogP) is 3.80. The van der Waals surface area contributed by atoms with Crippen LogP contribution in [0.15, 0.2) is 48.5 Å². The van der Waals surface area contributed by atoms with E-state index in [9.17, 15) is 4.79 Å². The van der Waals surface area contributed by atoms with E-state index in [4.69, 9.17) is 9.47 Å². The molecule has 1 amide bonds. The zero-order valence-corrected chi connectivity index (χ0v) is 13.8. The van der Waals surface area contributed by atoms with Crippen LogP contribution in [0.4, 0.5) is 0 Å². The molecule has 2 aromatic rings. The van der Waals surface area contributed by atoms with Gasteiger partial charge in [-0.05, 0) is 62.7 Å². The molecule has 0 aliphatic heterocycles. The molecular weight excluding hydrogens is 290 g/mol. The number of rotatable bonds is 7. The van der Waals surface area contributed by atoms with Crippen molar-refractivity contribution in [2.75, 3.05) is 6.61 Å². The molecule has 4 nitrogen and oxygen atoms in total. The molecule has 0 heterocycles. The molecule has 0 bridgehead atoms. The summed E-state index contributed by atoms with van der Waals surface area (Å²) in [4.78, 5) is 12.2. The smallest absolute Gasteiger partial charge is 0.251 e. The van der Waals surface area contributed by atoms with Crippen LogP contribution in [-0.2, 0) is 6.54 Å². The van der Waals surface area contributed by atoms with Gasteiger partial charge in [-0.15, -0.1) is 0 Å². The zero-order valence-electron chi connectivity index (χ0n) is 13.8. The predicted molar refractivity (Wildman–Crippen MR) is 91.0 cm³/mol. The van der Waals surface area contributed by atoms with Crippen LogP contribution in [0.3, 0.4) is 0 Å². The van der Waals surface area contributed by atoms with Gasteiger partial charge in [-0.3, -0.25) is 4.79 Å². The summed E-state index contributed by atoms with van der Waals surface area (Å²) in [6.45, 7) is 6.97. The summed E-state index contributed by atoms with van der Waals surface area (Å²) < 4.78 is 11.0. The fourth-order valence-corrected chi connectivity index (χ4v) is 2.15. The second-order valence-corrected chi connectivity index (χ2v) is 5.45. The second-order valence-electron chi connectivity index (χ2n) is 5.45. The maximum Gasteiger partial charge on any atom is 0.251 e. The van der Waals surface area contributed by atoms with Crippen molar-refractivity contribution < 1.29 is 14.3 Å². The minimum Gasteiger partial charge on any atom is -0.494 e. The van der Waals surface area contributed by atoms with Crippen molar-refractivity contribution in [1.29, 1.82) is 0 Å². The first-order valence-electron chi connectivity index (χ1n) is 7.85. The summed E-state index contributed by atoms with van der Waals surface area (Å²) in [6.07, 6.45) is 0.118. The van der Waals surface area contributed by atoms with Crippen molar-refractivity contribution in [3.05, 3.63) is 59.7 Å². The molecule has 0 fully saturated rings. The second kappa shape index (κ2) is 8.22. The van der Waals surface area contributed by atoms with Gasteiger partial charge in [-0.1, -0.05) is 12.1 Å². The van der Waals surface area contributed by atoms with E-state index in [1.54, 1.807) is 12.1 Å². The maximum atomic E-state index is 12.2. The van der Waals surface area contributed by atoms with Gasteiger partial charge in [0.15, 0.2) is 0 Å². The van der Waals surface area contributed by atoms with Crippen molar-refractivity contribution >= 4 is 5.91 Å². The number of ether oxygens (including phenoxy) is 2. The van der Waals surface area contributed by atoms with E-state index in [1.807, 2.05) is 57.2 Å². The Bertz CT molecular complexity index is 635. The normalized spacial score (nSPS) is 10.4. The molecule has 23 heavy (non-hydrogen) atoms. The molecule has 0 aliphatic rings. The highest BCUT2D eigenvalue weighted by atomic mass is 16.5. The lowest BCUT2D eigenvalue weighted by molar-refractivity contribution is 0.0951. The minimum atomic E-state index is -0.108. The van der Waals surface area contributed by atoms with Crippen molar-refractivity contribution in [2.24, 2.45) is 0 Å². The first-order chi connectivity index (χ1) is 11.1. The summed E-state index contributed by atoms with van der Waals surface area (Å²) in [5.74, 6) is 1.47. The first-order valence-corrected chi connectivity index (χ1v) is 7.85. The number of hydrogen-bond acceptors (Lipinski definition) is 3. The number of carbonyl (C=O) groups is 1. The van der Waals surface area contributed by atoms with Gasteiger partial charge in [-0.2, -0.15) is 0 Å². The van der Waals surface area contributed by atoms with E-state index in [1.165, 1.54) is 0 Å². The summed E-state index contributed by atoms with van der Waals surface area (Å²) >= 11 is 0. The summed E-state index contributed by atoms with van der Waals surface area (Å²) in [5.41, 5.74) is 1.62. The highest BCUT2D eigenvalue weighted by Crippen LogP contribution is 2.15. The van der Waals surface area contributed by atoms with Crippen LogP contribution in [-0.4, -0.2) is 18.6 Å². The zero-order chi connectivity index (χ0) is 16.7. The molecule has 0 radical (unpaired) electrons. The summed E-state index contributed by atoms with van der Waals surface area (Å²) in [5, 5.41) is 2.91. The summed E-state index contributed by atoms with van der Waals surface area (Å²) in [6, 6.07) is 14.9. The van der Waals surface area contributed by atoms with Crippen LogP contribution in [0.2, 0.25) is 0 Å². The number of amides is 1. The van der Waals surface area contributed by atoms with Crippen LogP contribution in [0.25, 0.3) is 0 Å². The van der Waals surface area contributed by atoms with Crippen LogP contribution in [0, 0.1) is 0 Å². The maximum absolute atomic E-state index is 12.2. The lowest BCUT2D eigenvalue weighted by Crippen LogP contribution is -2.22. The molecule has 4 heteroatoms. The highest BCUT2D eigenvalue weighted by Gasteiger charge is 2.06. The standard InChI is InChI=1S/C19H23NO3/c1-4-22-18-7-5-6-15(12-18)13-20-19(21)16-8-10-17(11-9-16)23-14(2)3/h5-12,14H,4,13H2,1-3H3,(H,20,21). The topological polar surface area (TPSA) is 47.6 Å². The Morgan fingerprint density at radius 1 is 1.09 bits per heavy atom. The Morgan fingerprint density at radius 2 is 1.83 bits per heavy atom. The third-order valence-electron chi connectivity index (χ3n) is 3.15. The van der Waals surface area contributed by atoms with Gasteiger partial charge >= 0.3 is 0 Å². The Morgan fingerprint density at radius 3 is 2.48 bits per heavy atom. The molecule has 0 aromatic heterocycles. The Labute approximate surface area is 137 Å². The molecule has 0 unspecified atom stereocenters. The number of benzene rings is 2. The number of hydrogen-bond donors (Lipinski definition) is 1. The van der Waals surface area contributed by atoms with Gasteiger partial charge in [0.25, 0.3) is 5.91 Å². The average Bonchev–Trinajstić information content (AvgIpc) is 2.53. The van der Waals surface area contributed by atoms with E-state index in [0.717, 1.165) is 17.1 Å². The lowest BCUT2D eigenvalue weighted by atomic mass is 10.2. The van der Waals surface area contributed by atoms with Gasteiger partial charge in [0.2, 0.25) is 0 Å². The Balaban J connectivity index is 1.92. The van der Waals surface area contributed by atoms with Gasteiger partial charge in [-0.25, -0.2) is 0 Å². The van der Waals surface area contributed by atoms with E-state index >= 15 is 0 Å². The van der Waals surface area contributed by atoms with Crippen molar-refractivity contribution in [3.8, 4) is 11.5 Å². The molecular formula is C19H23NO3. The summed E-state index contributed by atoms with van der Waals surface area (Å²) in [7, 11) is 0. The quantitative estimate of drug-likeness (QED) is 0.845. The SMILES string of the molecule is CCOc1cccc(CNC(=O)c2ccc(OC(C)C)cc2)c1. The average molecular weight is 313 g/mol. The highest BCUT2D eigenvalue weighted by molar-refractivity contribution is 5.94. The van der Waals surface area contributed by atoms with E-state index < -0.39 is 0 Å². The van der Waals surface area contributed by atoms with Crippen molar-refractivity contribution in [1.82, 2.24) is 5.32 Å².